The standard InChI is InChI=1S/C18H19FN6O3S/c1-18(2,3)22-29(27,28)14-7-4-12(5-8-14)17(26)21-16-10-13(6-9-15(16)19)25-11-20-23-24-25/h4-11,22H,1-3H3,(H,21,26). The third-order valence-electron chi connectivity index (χ3n) is 3.68. The van der Waals surface area contributed by atoms with Crippen LogP contribution in [-0.2, 0) is 10.0 Å². The number of halogens is 1. The molecule has 1 heterocycles. The highest BCUT2D eigenvalue weighted by molar-refractivity contribution is 7.89. The van der Waals surface area contributed by atoms with E-state index in [9.17, 15) is 17.6 Å². The van der Waals surface area contributed by atoms with Crippen molar-refractivity contribution >= 4 is 21.6 Å². The average molecular weight is 418 g/mol. The summed E-state index contributed by atoms with van der Waals surface area (Å²) in [7, 11) is -3.72. The maximum Gasteiger partial charge on any atom is 0.255 e. The van der Waals surface area contributed by atoms with Gasteiger partial charge in [-0.15, -0.1) is 5.10 Å². The fraction of sp³-hybridized carbons (Fsp3) is 0.222. The van der Waals surface area contributed by atoms with Crippen LogP contribution in [0.5, 0.6) is 0 Å². The Bertz CT molecular complexity index is 1120. The molecular formula is C18H19FN6O3S. The number of benzene rings is 2. The Balaban J connectivity index is 1.79. The number of hydrogen-bond donors (Lipinski definition) is 2. The molecule has 0 bridgehead atoms. The van der Waals surface area contributed by atoms with Gasteiger partial charge in [-0.05, 0) is 73.7 Å². The van der Waals surface area contributed by atoms with Crippen molar-refractivity contribution in [2.75, 3.05) is 5.32 Å². The fourth-order valence-electron chi connectivity index (χ4n) is 2.47. The molecule has 2 N–H and O–H groups in total. The predicted molar refractivity (Wildman–Crippen MR) is 104 cm³/mol. The number of anilines is 1. The quantitative estimate of drug-likeness (QED) is 0.655. The molecule has 1 amide bonds. The van der Waals surface area contributed by atoms with Crippen LogP contribution in [0.1, 0.15) is 31.1 Å². The van der Waals surface area contributed by atoms with Gasteiger partial charge in [0, 0.05) is 11.1 Å². The van der Waals surface area contributed by atoms with E-state index in [-0.39, 0.29) is 16.1 Å². The van der Waals surface area contributed by atoms with Gasteiger partial charge < -0.3 is 5.32 Å². The number of sulfonamides is 1. The predicted octanol–water partition coefficient (Wildman–Crippen LogP) is 2.13. The van der Waals surface area contributed by atoms with E-state index in [2.05, 4.69) is 25.6 Å². The number of hydrogen-bond acceptors (Lipinski definition) is 6. The van der Waals surface area contributed by atoms with Crippen LogP contribution in [0.2, 0.25) is 0 Å². The summed E-state index contributed by atoms with van der Waals surface area (Å²) in [5, 5.41) is 13.2. The van der Waals surface area contributed by atoms with E-state index in [1.807, 2.05) is 0 Å². The van der Waals surface area contributed by atoms with Gasteiger partial charge in [0.25, 0.3) is 5.91 Å². The van der Waals surface area contributed by atoms with Gasteiger partial charge in [0.2, 0.25) is 10.0 Å². The van der Waals surface area contributed by atoms with Crippen molar-refractivity contribution in [1.82, 2.24) is 24.9 Å². The highest BCUT2D eigenvalue weighted by Crippen LogP contribution is 2.20. The molecule has 9 nitrogen and oxygen atoms in total. The van der Waals surface area contributed by atoms with Gasteiger partial charge >= 0.3 is 0 Å². The van der Waals surface area contributed by atoms with E-state index in [1.54, 1.807) is 20.8 Å². The average Bonchev–Trinajstić information content (AvgIpc) is 3.16. The van der Waals surface area contributed by atoms with Crippen molar-refractivity contribution in [1.29, 1.82) is 0 Å². The second kappa shape index (κ2) is 7.68. The van der Waals surface area contributed by atoms with E-state index in [4.69, 9.17) is 0 Å². The zero-order chi connectivity index (χ0) is 21.2. The van der Waals surface area contributed by atoms with E-state index in [0.29, 0.717) is 5.69 Å². The minimum Gasteiger partial charge on any atom is -0.319 e. The first-order valence-corrected chi connectivity index (χ1v) is 10.0. The monoisotopic (exact) mass is 418 g/mol. The number of rotatable bonds is 5. The van der Waals surface area contributed by atoms with Crippen molar-refractivity contribution in [2.45, 2.75) is 31.2 Å². The number of carbonyl (C=O) groups excluding carboxylic acids is 1. The molecule has 0 fully saturated rings. The molecule has 0 saturated carbocycles. The van der Waals surface area contributed by atoms with Gasteiger partial charge in [0.15, 0.2) is 0 Å². The SMILES string of the molecule is CC(C)(C)NS(=O)(=O)c1ccc(C(=O)Nc2cc(-n3cnnn3)ccc2F)cc1. The lowest BCUT2D eigenvalue weighted by atomic mass is 10.1. The van der Waals surface area contributed by atoms with Crippen LogP contribution in [0.15, 0.2) is 53.7 Å². The first-order chi connectivity index (χ1) is 13.5. The molecule has 3 aromatic rings. The summed E-state index contributed by atoms with van der Waals surface area (Å²) in [5.41, 5.74) is -0.0701. The minimum absolute atomic E-state index is 0.0239. The lowest BCUT2D eigenvalue weighted by Crippen LogP contribution is -2.40. The molecule has 152 valence electrons. The van der Waals surface area contributed by atoms with Crippen LogP contribution in [0.4, 0.5) is 10.1 Å². The topological polar surface area (TPSA) is 119 Å². The van der Waals surface area contributed by atoms with Crippen molar-refractivity contribution < 1.29 is 17.6 Å². The molecular weight excluding hydrogens is 399 g/mol. The lowest BCUT2D eigenvalue weighted by molar-refractivity contribution is 0.102. The highest BCUT2D eigenvalue weighted by Gasteiger charge is 2.22. The number of aromatic nitrogens is 4. The van der Waals surface area contributed by atoms with E-state index < -0.39 is 27.3 Å². The molecule has 0 spiro atoms. The zero-order valence-corrected chi connectivity index (χ0v) is 16.7. The van der Waals surface area contributed by atoms with E-state index >= 15 is 0 Å². The summed E-state index contributed by atoms with van der Waals surface area (Å²) < 4.78 is 42.6. The molecule has 1 aromatic heterocycles. The third kappa shape index (κ3) is 5.00. The lowest BCUT2D eigenvalue weighted by Gasteiger charge is -2.20. The van der Waals surface area contributed by atoms with Crippen molar-refractivity contribution in [3.05, 3.63) is 60.2 Å². The number of nitrogens with one attached hydrogen (secondary N) is 2. The Morgan fingerprint density at radius 1 is 1.10 bits per heavy atom. The molecule has 0 aliphatic carbocycles. The molecule has 0 aliphatic rings. The van der Waals surface area contributed by atoms with Crippen LogP contribution < -0.4 is 10.0 Å². The molecule has 0 atom stereocenters. The van der Waals surface area contributed by atoms with Gasteiger partial charge in [-0.1, -0.05) is 0 Å². The van der Waals surface area contributed by atoms with Crippen LogP contribution in [0.25, 0.3) is 5.69 Å². The van der Waals surface area contributed by atoms with Gasteiger partial charge in [-0.25, -0.2) is 22.2 Å². The first-order valence-electron chi connectivity index (χ1n) is 8.53. The Hall–Kier alpha value is -3.18. The van der Waals surface area contributed by atoms with Crippen LogP contribution in [-0.4, -0.2) is 40.1 Å². The molecule has 29 heavy (non-hydrogen) atoms. The smallest absolute Gasteiger partial charge is 0.255 e. The maximum atomic E-state index is 14.1. The minimum atomic E-state index is -3.72. The molecule has 2 aromatic carbocycles. The summed E-state index contributed by atoms with van der Waals surface area (Å²) in [6.07, 6.45) is 1.34. The third-order valence-corrected chi connectivity index (χ3v) is 5.45. The van der Waals surface area contributed by atoms with Crippen LogP contribution in [0, 0.1) is 5.82 Å². The normalized spacial score (nSPS) is 12.0. The second-order valence-electron chi connectivity index (χ2n) is 7.25. The highest BCUT2D eigenvalue weighted by atomic mass is 32.2. The van der Waals surface area contributed by atoms with Gasteiger partial charge in [-0.3, -0.25) is 4.79 Å². The summed E-state index contributed by atoms with van der Waals surface area (Å²) >= 11 is 0. The Kier molecular flexibility index (Phi) is 5.44. The molecule has 3 rings (SSSR count). The largest absolute Gasteiger partial charge is 0.319 e. The summed E-state index contributed by atoms with van der Waals surface area (Å²) in [6, 6.07) is 9.37. The van der Waals surface area contributed by atoms with Crippen molar-refractivity contribution in [3.63, 3.8) is 0 Å². The Morgan fingerprint density at radius 2 is 1.79 bits per heavy atom. The molecule has 0 saturated heterocycles. The molecule has 11 heteroatoms. The van der Waals surface area contributed by atoms with Crippen LogP contribution in [0.3, 0.4) is 0 Å². The zero-order valence-electron chi connectivity index (χ0n) is 15.9. The van der Waals surface area contributed by atoms with Crippen molar-refractivity contribution in [2.24, 2.45) is 0 Å². The second-order valence-corrected chi connectivity index (χ2v) is 8.93. The number of carbonyl (C=O) groups is 1. The Labute approximate surface area is 167 Å². The number of nitrogens with zero attached hydrogens (tertiary/aromatic N) is 4. The van der Waals surface area contributed by atoms with Crippen molar-refractivity contribution in [3.8, 4) is 5.69 Å². The van der Waals surface area contributed by atoms with Gasteiger partial charge in [0.05, 0.1) is 16.3 Å². The summed E-state index contributed by atoms with van der Waals surface area (Å²) in [4.78, 5) is 12.5. The number of tetrazole rings is 1. The molecule has 0 aliphatic heterocycles. The maximum absolute atomic E-state index is 14.1. The Morgan fingerprint density at radius 3 is 2.38 bits per heavy atom. The van der Waals surface area contributed by atoms with Gasteiger partial charge in [0.1, 0.15) is 12.1 Å². The van der Waals surface area contributed by atoms with Gasteiger partial charge in [-0.2, -0.15) is 0 Å². The summed E-state index contributed by atoms with van der Waals surface area (Å²) in [6.45, 7) is 5.18. The molecule has 0 unspecified atom stereocenters. The van der Waals surface area contributed by atoms with E-state index in [1.165, 1.54) is 53.5 Å². The molecule has 0 radical (unpaired) electrons. The van der Waals surface area contributed by atoms with E-state index in [0.717, 1.165) is 0 Å². The number of amides is 1. The summed E-state index contributed by atoms with van der Waals surface area (Å²) in [5.74, 6) is -1.23. The van der Waals surface area contributed by atoms with Crippen LogP contribution >= 0.6 is 0 Å². The first kappa shape index (κ1) is 20.6. The fourth-order valence-corrected chi connectivity index (χ4v) is 3.89.